The molecule has 0 heterocycles. The number of benzene rings is 1. The summed E-state index contributed by atoms with van der Waals surface area (Å²) in [5.74, 6) is 1.01. The Kier molecular flexibility index (Phi) is 4.83. The van der Waals surface area contributed by atoms with E-state index >= 15 is 0 Å². The van der Waals surface area contributed by atoms with Gasteiger partial charge in [-0.15, -0.1) is 12.4 Å². The van der Waals surface area contributed by atoms with Gasteiger partial charge in [0.1, 0.15) is 0 Å². The zero-order valence-corrected chi connectivity index (χ0v) is 11.0. The van der Waals surface area contributed by atoms with Crippen molar-refractivity contribution in [1.29, 1.82) is 5.26 Å². The summed E-state index contributed by atoms with van der Waals surface area (Å²) in [7, 11) is 1.48. The van der Waals surface area contributed by atoms with Crippen LogP contribution in [0.5, 0.6) is 11.5 Å². The maximum atomic E-state index is 10.0. The Morgan fingerprint density at radius 1 is 1.56 bits per heavy atom. The zero-order chi connectivity index (χ0) is 12.4. The average molecular weight is 269 g/mol. The third-order valence-corrected chi connectivity index (χ3v) is 3.18. The van der Waals surface area contributed by atoms with Crippen LogP contribution in [0.1, 0.15) is 36.4 Å². The first-order valence-corrected chi connectivity index (χ1v) is 5.73. The van der Waals surface area contributed by atoms with Crippen LogP contribution in [-0.2, 0) is 0 Å². The second-order valence-corrected chi connectivity index (χ2v) is 4.48. The zero-order valence-electron chi connectivity index (χ0n) is 10.2. The summed E-state index contributed by atoms with van der Waals surface area (Å²) in [5.41, 5.74) is 7.01. The van der Waals surface area contributed by atoms with Gasteiger partial charge in [-0.2, -0.15) is 5.26 Å². The van der Waals surface area contributed by atoms with Gasteiger partial charge in [-0.25, -0.2) is 0 Å². The van der Waals surface area contributed by atoms with Gasteiger partial charge in [-0.3, -0.25) is 0 Å². The highest BCUT2D eigenvalue weighted by atomic mass is 35.5. The highest BCUT2D eigenvalue weighted by molar-refractivity contribution is 5.85. The van der Waals surface area contributed by atoms with Gasteiger partial charge < -0.3 is 15.6 Å². The minimum Gasteiger partial charge on any atom is -0.504 e. The standard InChI is InChI=1S/C13H16N2O2.ClH/c1-17-11-5-4-9(7-14)12(13(11)16)10(15)6-8-2-3-8;/h4-5,8,10,16H,2-3,6,15H2,1H3;1H/t10-;/m1./s1. The molecule has 5 heteroatoms. The molecule has 3 N–H and O–H groups in total. The molecule has 1 aliphatic rings. The molecule has 0 spiro atoms. The normalized spacial score (nSPS) is 15.4. The third-order valence-electron chi connectivity index (χ3n) is 3.18. The van der Waals surface area contributed by atoms with Crippen molar-refractivity contribution >= 4 is 12.4 Å². The Hall–Kier alpha value is -1.44. The summed E-state index contributed by atoms with van der Waals surface area (Å²) in [4.78, 5) is 0. The van der Waals surface area contributed by atoms with Crippen LogP contribution < -0.4 is 10.5 Å². The number of ether oxygens (including phenoxy) is 1. The van der Waals surface area contributed by atoms with E-state index in [1.165, 1.54) is 20.0 Å². The number of aromatic hydroxyl groups is 1. The van der Waals surface area contributed by atoms with Gasteiger partial charge in [-0.05, 0) is 24.5 Å². The van der Waals surface area contributed by atoms with E-state index < -0.39 is 0 Å². The summed E-state index contributed by atoms with van der Waals surface area (Å²) in [6, 6.07) is 4.99. The number of nitriles is 1. The number of methoxy groups -OCH3 is 1. The number of phenols is 1. The fourth-order valence-electron chi connectivity index (χ4n) is 2.06. The van der Waals surface area contributed by atoms with E-state index in [0.29, 0.717) is 22.8 Å². The van der Waals surface area contributed by atoms with Gasteiger partial charge in [0.25, 0.3) is 0 Å². The molecule has 0 radical (unpaired) electrons. The molecule has 0 unspecified atom stereocenters. The van der Waals surface area contributed by atoms with Gasteiger partial charge in [0.05, 0.1) is 18.7 Å². The molecular weight excluding hydrogens is 252 g/mol. The third kappa shape index (κ3) is 2.87. The molecule has 1 aliphatic carbocycles. The molecule has 0 aliphatic heterocycles. The highest BCUT2D eigenvalue weighted by Crippen LogP contribution is 2.42. The van der Waals surface area contributed by atoms with Gasteiger partial charge in [0.15, 0.2) is 11.5 Å². The number of hydrogen-bond donors (Lipinski definition) is 2. The second kappa shape index (κ2) is 5.94. The summed E-state index contributed by atoms with van der Waals surface area (Å²) in [5, 5.41) is 19.1. The number of nitrogens with zero attached hydrogens (tertiary/aromatic N) is 1. The van der Waals surface area contributed by atoms with Crippen molar-refractivity contribution in [3.8, 4) is 17.6 Å². The van der Waals surface area contributed by atoms with E-state index in [2.05, 4.69) is 6.07 Å². The smallest absolute Gasteiger partial charge is 0.163 e. The topological polar surface area (TPSA) is 79.3 Å². The maximum absolute atomic E-state index is 10.0. The van der Waals surface area contributed by atoms with Crippen molar-refractivity contribution in [3.05, 3.63) is 23.3 Å². The van der Waals surface area contributed by atoms with Crippen LogP contribution >= 0.6 is 12.4 Å². The van der Waals surface area contributed by atoms with E-state index in [9.17, 15) is 5.11 Å². The van der Waals surface area contributed by atoms with E-state index in [0.717, 1.165) is 6.42 Å². The highest BCUT2D eigenvalue weighted by Gasteiger charge is 2.27. The molecule has 0 bridgehead atoms. The minimum absolute atomic E-state index is 0. The molecule has 98 valence electrons. The average Bonchev–Trinajstić information content (AvgIpc) is 3.12. The molecule has 0 aromatic heterocycles. The van der Waals surface area contributed by atoms with Gasteiger partial charge in [0, 0.05) is 11.6 Å². The molecule has 0 saturated heterocycles. The number of rotatable bonds is 4. The van der Waals surface area contributed by atoms with Gasteiger partial charge in [-0.1, -0.05) is 12.8 Å². The van der Waals surface area contributed by atoms with E-state index in [4.69, 9.17) is 15.7 Å². The number of phenolic OH excluding ortho intramolecular Hbond substituents is 1. The minimum atomic E-state index is -0.299. The molecule has 1 atom stereocenters. The van der Waals surface area contributed by atoms with Crippen molar-refractivity contribution < 1.29 is 9.84 Å². The predicted octanol–water partition coefficient (Wildman–Crippen LogP) is 2.49. The molecular formula is C13H17ClN2O2. The number of hydrogen-bond acceptors (Lipinski definition) is 4. The fraction of sp³-hybridized carbons (Fsp3) is 0.462. The van der Waals surface area contributed by atoms with Crippen LogP contribution in [0.2, 0.25) is 0 Å². The summed E-state index contributed by atoms with van der Waals surface area (Å²) in [6.07, 6.45) is 3.20. The Labute approximate surface area is 113 Å². The summed E-state index contributed by atoms with van der Waals surface area (Å²) < 4.78 is 5.04. The first kappa shape index (κ1) is 14.6. The predicted molar refractivity (Wildman–Crippen MR) is 70.9 cm³/mol. The maximum Gasteiger partial charge on any atom is 0.163 e. The molecule has 1 aromatic rings. The Morgan fingerprint density at radius 2 is 2.22 bits per heavy atom. The first-order valence-electron chi connectivity index (χ1n) is 5.73. The Bertz CT molecular complexity index is 467. The van der Waals surface area contributed by atoms with Crippen LogP contribution in [0.3, 0.4) is 0 Å². The van der Waals surface area contributed by atoms with E-state index in [-0.39, 0.29) is 24.2 Å². The van der Waals surface area contributed by atoms with Gasteiger partial charge in [0.2, 0.25) is 0 Å². The molecule has 1 saturated carbocycles. The summed E-state index contributed by atoms with van der Waals surface area (Å²) in [6.45, 7) is 0. The van der Waals surface area contributed by atoms with Crippen molar-refractivity contribution in [1.82, 2.24) is 0 Å². The van der Waals surface area contributed by atoms with Crippen LogP contribution in [-0.4, -0.2) is 12.2 Å². The molecule has 2 rings (SSSR count). The number of halogens is 1. The lowest BCUT2D eigenvalue weighted by Crippen LogP contribution is -2.13. The number of nitrogens with two attached hydrogens (primary N) is 1. The van der Waals surface area contributed by atoms with Crippen LogP contribution in [0.25, 0.3) is 0 Å². The lowest BCUT2D eigenvalue weighted by Gasteiger charge is -2.16. The first-order chi connectivity index (χ1) is 8.17. The lowest BCUT2D eigenvalue weighted by molar-refractivity contribution is 0.367. The molecule has 18 heavy (non-hydrogen) atoms. The molecule has 4 nitrogen and oxygen atoms in total. The summed E-state index contributed by atoms with van der Waals surface area (Å²) >= 11 is 0. The van der Waals surface area contributed by atoms with Crippen LogP contribution in [0.15, 0.2) is 12.1 Å². The quantitative estimate of drug-likeness (QED) is 0.879. The van der Waals surface area contributed by atoms with E-state index in [1.807, 2.05) is 0 Å². The van der Waals surface area contributed by atoms with E-state index in [1.54, 1.807) is 12.1 Å². The second-order valence-electron chi connectivity index (χ2n) is 4.48. The van der Waals surface area contributed by atoms with Gasteiger partial charge >= 0.3 is 0 Å². The molecule has 1 fully saturated rings. The van der Waals surface area contributed by atoms with Crippen LogP contribution in [0, 0.1) is 17.2 Å². The van der Waals surface area contributed by atoms with Crippen molar-refractivity contribution in [2.45, 2.75) is 25.3 Å². The monoisotopic (exact) mass is 268 g/mol. The molecule has 1 aromatic carbocycles. The lowest BCUT2D eigenvalue weighted by atomic mass is 9.96. The largest absolute Gasteiger partial charge is 0.504 e. The van der Waals surface area contributed by atoms with Crippen molar-refractivity contribution in [2.24, 2.45) is 11.7 Å². The van der Waals surface area contributed by atoms with Crippen molar-refractivity contribution in [2.75, 3.05) is 7.11 Å². The van der Waals surface area contributed by atoms with Crippen molar-refractivity contribution in [3.63, 3.8) is 0 Å². The molecule has 0 amide bonds. The SMILES string of the molecule is COc1ccc(C#N)c([C@H](N)CC2CC2)c1O.Cl. The Morgan fingerprint density at radius 3 is 2.72 bits per heavy atom. The van der Waals surface area contributed by atoms with Crippen LogP contribution in [0.4, 0.5) is 0 Å². The fourth-order valence-corrected chi connectivity index (χ4v) is 2.06. The Balaban J connectivity index is 0.00000162.